The molecule has 2 aromatic heterocycles. The molecule has 0 bridgehead atoms. The first-order chi connectivity index (χ1) is 20.8. The maximum Gasteiger partial charge on any atom is 0.466 e. The lowest BCUT2D eigenvalue weighted by molar-refractivity contribution is -0.136. The number of anilines is 1. The second kappa shape index (κ2) is 19.5. The molecule has 1 aliphatic rings. The number of aliphatic hydroxyl groups excluding tert-OH is 3. The van der Waals surface area contributed by atoms with Gasteiger partial charge in [-0.05, 0) is 0 Å². The van der Waals surface area contributed by atoms with E-state index in [1.807, 2.05) is 0 Å². The van der Waals surface area contributed by atoms with Crippen LogP contribution in [0.1, 0.15) is 6.23 Å². The van der Waals surface area contributed by atoms with Gasteiger partial charge in [0.15, 0.2) is 23.2 Å². The first kappa shape index (κ1) is 46.7. The third kappa shape index (κ3) is 25.3. The molecule has 0 radical (unpaired) electrons. The van der Waals surface area contributed by atoms with Crippen LogP contribution in [-0.4, -0.2) is 154 Å². The van der Waals surface area contributed by atoms with Gasteiger partial charge in [-0.2, -0.15) is 0 Å². The van der Waals surface area contributed by atoms with Gasteiger partial charge in [-0.15, -0.1) is 0 Å². The lowest BCUT2D eigenvalue weighted by Gasteiger charge is -2.20. The first-order valence-corrected chi connectivity index (χ1v) is 17.2. The number of hydrogen-bond donors (Lipinski definition) is 17. The fourth-order valence-electron chi connectivity index (χ4n) is 2.90. The number of phosphoric acid groups is 4. The Morgan fingerprint density at radius 2 is 1.11 bits per heavy atom. The van der Waals surface area contributed by atoms with Crippen molar-refractivity contribution in [2.45, 2.75) is 24.5 Å². The summed E-state index contributed by atoms with van der Waals surface area (Å²) in [5.41, 5.74) is 0.230. The Kier molecular flexibility index (Phi) is 19.4. The van der Waals surface area contributed by atoms with Crippen molar-refractivity contribution >= 4 is 60.2 Å². The van der Waals surface area contributed by atoms with E-state index in [4.69, 9.17) is 91.9 Å². The average molecular weight is 775 g/mol. The van der Waals surface area contributed by atoms with Gasteiger partial charge in [-0.1, -0.05) is 0 Å². The molecule has 1 fully saturated rings. The van der Waals surface area contributed by atoms with Crippen LogP contribution in [0.5, 0.6) is 0 Å². The third-order valence-corrected chi connectivity index (χ3v) is 4.08. The molecule has 0 saturated carbocycles. The zero-order valence-corrected chi connectivity index (χ0v) is 26.1. The van der Waals surface area contributed by atoms with Crippen molar-refractivity contribution in [1.82, 2.24) is 19.5 Å². The Morgan fingerprint density at radius 1 is 0.723 bits per heavy atom. The summed E-state index contributed by atoms with van der Waals surface area (Å²) in [6.45, 7) is -1.76. The first-order valence-electron chi connectivity index (χ1n) is 10.9. The summed E-state index contributed by atoms with van der Waals surface area (Å²) in [7, 11) is -18.6. The fourth-order valence-corrected chi connectivity index (χ4v) is 2.90. The number of aliphatic carboxylic acids is 2. The van der Waals surface area contributed by atoms with Gasteiger partial charge < -0.3 is 93.9 Å². The van der Waals surface area contributed by atoms with Crippen molar-refractivity contribution < 1.29 is 117 Å². The number of imidazole rings is 1. The minimum Gasteiger partial charge on any atom is -0.480 e. The van der Waals surface area contributed by atoms with E-state index in [2.05, 4.69) is 15.0 Å². The molecular formula is C14H29N5O24P4. The highest BCUT2D eigenvalue weighted by molar-refractivity contribution is 7.45. The standard InChI is InChI=1S/C14H17N5O8.4H3O4P/c20-3-6-10(25)11(26)14(27-6)19-5-17-9-12(15-4-16-13(9)19)18(1-7(21)22)2-8(23)24;4*1-5(2,3)4/h4-6,10-11,14,20,25-26H,1-3H2,(H,21,22)(H,23,24);4*(H3,1,2,3,4)/t6-,10-,11-,14-;;;;/m1..../s1. The SMILES string of the molecule is O=C(O)CN(CC(=O)O)c1ncnc2c1ncn2[C@@H]1O[C@H](CO)[C@@H](O)[C@H]1O.O=P(O)(O)O.O=P(O)(O)O.O=P(O)(O)O.O=P(O)(O)O. The predicted octanol–water partition coefficient (Wildman–Crippen LogP) is -6.30. The summed E-state index contributed by atoms with van der Waals surface area (Å²) in [5.74, 6) is -2.54. The van der Waals surface area contributed by atoms with Gasteiger partial charge in [0.05, 0.1) is 12.9 Å². The molecule has 4 atom stereocenters. The Balaban J connectivity index is 0. The second-order valence-corrected chi connectivity index (χ2v) is 12.1. The summed E-state index contributed by atoms with van der Waals surface area (Å²) in [6.07, 6.45) is -2.46. The van der Waals surface area contributed by atoms with Crippen molar-refractivity contribution in [3.63, 3.8) is 0 Å². The Hall–Kier alpha value is -2.43. The van der Waals surface area contributed by atoms with Crippen molar-refractivity contribution in [2.75, 3.05) is 24.6 Å². The molecule has 33 heteroatoms. The molecule has 0 spiro atoms. The Bertz CT molecular complexity index is 1350. The van der Waals surface area contributed by atoms with Gasteiger partial charge in [0.1, 0.15) is 37.7 Å². The molecule has 1 saturated heterocycles. The number of carbonyl (C=O) groups is 2. The van der Waals surface area contributed by atoms with Crippen molar-refractivity contribution in [3.8, 4) is 0 Å². The third-order valence-electron chi connectivity index (χ3n) is 4.08. The molecule has 3 rings (SSSR count). The minimum absolute atomic E-state index is 0.0182. The minimum atomic E-state index is -4.64. The van der Waals surface area contributed by atoms with Crippen LogP contribution in [0.3, 0.4) is 0 Å². The second-order valence-electron chi connectivity index (χ2n) is 7.95. The van der Waals surface area contributed by atoms with Crippen LogP contribution in [0.2, 0.25) is 0 Å². The molecule has 0 amide bonds. The zero-order valence-electron chi connectivity index (χ0n) is 22.6. The van der Waals surface area contributed by atoms with Crippen LogP contribution in [0.15, 0.2) is 12.7 Å². The number of carboxylic acid groups (broad SMARTS) is 2. The molecule has 0 unspecified atom stereocenters. The van der Waals surface area contributed by atoms with E-state index in [9.17, 15) is 24.9 Å². The molecule has 0 aliphatic carbocycles. The van der Waals surface area contributed by atoms with Gasteiger partial charge >= 0.3 is 43.2 Å². The molecule has 0 aromatic carbocycles. The van der Waals surface area contributed by atoms with E-state index in [0.29, 0.717) is 0 Å². The molecule has 47 heavy (non-hydrogen) atoms. The van der Waals surface area contributed by atoms with Crippen LogP contribution in [0, 0.1) is 0 Å². The number of hydrogen-bond acceptors (Lipinski definition) is 14. The molecule has 17 N–H and O–H groups in total. The Labute approximate surface area is 258 Å². The number of carboxylic acids is 2. The largest absolute Gasteiger partial charge is 0.480 e. The summed E-state index contributed by atoms with van der Waals surface area (Å²) >= 11 is 0. The van der Waals surface area contributed by atoms with Crippen LogP contribution < -0.4 is 4.90 Å². The van der Waals surface area contributed by atoms with Gasteiger partial charge in [0, 0.05) is 0 Å². The van der Waals surface area contributed by atoms with Crippen molar-refractivity contribution in [3.05, 3.63) is 12.7 Å². The molecule has 3 heterocycles. The number of ether oxygens (including phenoxy) is 1. The van der Waals surface area contributed by atoms with Crippen LogP contribution in [0.4, 0.5) is 5.82 Å². The van der Waals surface area contributed by atoms with Crippen LogP contribution in [-0.2, 0) is 32.6 Å². The summed E-state index contributed by atoms with van der Waals surface area (Å²) in [6, 6.07) is 0. The summed E-state index contributed by atoms with van der Waals surface area (Å²) < 4.78 is 42.3. The van der Waals surface area contributed by atoms with Crippen LogP contribution in [0.25, 0.3) is 11.2 Å². The predicted molar refractivity (Wildman–Crippen MR) is 143 cm³/mol. The molecule has 1 aliphatic heterocycles. The van der Waals surface area contributed by atoms with Gasteiger partial charge in [0.2, 0.25) is 0 Å². The van der Waals surface area contributed by atoms with E-state index >= 15 is 0 Å². The molecule has 29 nitrogen and oxygen atoms in total. The fraction of sp³-hybridized carbons (Fsp3) is 0.500. The highest BCUT2D eigenvalue weighted by Crippen LogP contribution is 2.33. The summed E-state index contributed by atoms with van der Waals surface area (Å²) in [5, 5.41) is 47.3. The molecular weight excluding hydrogens is 746 g/mol. The maximum absolute atomic E-state index is 11.1. The van der Waals surface area contributed by atoms with E-state index in [1.165, 1.54) is 10.9 Å². The van der Waals surface area contributed by atoms with Gasteiger partial charge in [-0.25, -0.2) is 33.2 Å². The van der Waals surface area contributed by atoms with Gasteiger partial charge in [-0.3, -0.25) is 14.2 Å². The van der Waals surface area contributed by atoms with E-state index in [-0.39, 0.29) is 17.0 Å². The maximum atomic E-state index is 11.1. The van der Waals surface area contributed by atoms with E-state index < -0.39 is 87.5 Å². The number of fused-ring (bicyclic) bond motifs is 1. The lowest BCUT2D eigenvalue weighted by Crippen LogP contribution is -2.35. The van der Waals surface area contributed by atoms with Crippen molar-refractivity contribution in [1.29, 1.82) is 0 Å². The quantitative estimate of drug-likeness (QED) is 0.116. The monoisotopic (exact) mass is 775 g/mol. The van der Waals surface area contributed by atoms with Crippen molar-refractivity contribution in [2.24, 2.45) is 0 Å². The zero-order chi connectivity index (χ0) is 37.7. The topological polar surface area (TPSA) is 502 Å². The highest BCUT2D eigenvalue weighted by atomic mass is 31.2. The lowest BCUT2D eigenvalue weighted by atomic mass is 10.1. The Morgan fingerprint density at radius 3 is 1.43 bits per heavy atom. The normalized spacial score (nSPS) is 19.4. The highest BCUT2D eigenvalue weighted by Gasteiger charge is 2.44. The molecule has 2 aromatic rings. The number of aromatic nitrogens is 4. The average Bonchev–Trinajstić information content (AvgIpc) is 3.34. The number of rotatable bonds is 7. The van der Waals surface area contributed by atoms with Gasteiger partial charge in [0.25, 0.3) is 0 Å². The number of nitrogens with zero attached hydrogens (tertiary/aromatic N) is 5. The smallest absolute Gasteiger partial charge is 0.466 e. The van der Waals surface area contributed by atoms with Crippen LogP contribution >= 0.6 is 31.3 Å². The van der Waals surface area contributed by atoms with E-state index in [1.54, 1.807) is 0 Å². The molecule has 274 valence electrons. The number of aliphatic hydroxyl groups is 3. The van der Waals surface area contributed by atoms with E-state index in [0.717, 1.165) is 11.2 Å². The summed E-state index contributed by atoms with van der Waals surface area (Å²) in [4.78, 5) is 121.